The second-order valence-corrected chi connectivity index (χ2v) is 6.30. The van der Waals surface area contributed by atoms with Gasteiger partial charge >= 0.3 is 0 Å². The minimum absolute atomic E-state index is 0.156. The Hall–Kier alpha value is -1.92. The first-order valence-corrected chi connectivity index (χ1v) is 7.65. The number of hydrogen-bond acceptors (Lipinski definition) is 4. The first-order chi connectivity index (χ1) is 9.42. The largest absolute Gasteiger partial charge is 0.398 e. The molecule has 1 aromatic heterocycles. The number of nitrogens with zero attached hydrogens (tertiary/aromatic N) is 1. The fraction of sp³-hybridized carbons (Fsp3) is 0.214. The second kappa shape index (κ2) is 5.60. The summed E-state index contributed by atoms with van der Waals surface area (Å²) >= 11 is 0. The number of aryl methyl sites for hydroxylation is 1. The maximum absolute atomic E-state index is 12.3. The van der Waals surface area contributed by atoms with Crippen molar-refractivity contribution in [2.75, 3.05) is 5.73 Å². The summed E-state index contributed by atoms with van der Waals surface area (Å²) < 4.78 is 27.1. The van der Waals surface area contributed by atoms with E-state index < -0.39 is 10.0 Å². The van der Waals surface area contributed by atoms with E-state index in [0.29, 0.717) is 16.9 Å². The monoisotopic (exact) mass is 291 g/mol. The van der Waals surface area contributed by atoms with Crippen LogP contribution < -0.4 is 10.5 Å². The van der Waals surface area contributed by atoms with Crippen LogP contribution in [0.4, 0.5) is 5.69 Å². The van der Waals surface area contributed by atoms with E-state index in [1.807, 2.05) is 19.1 Å². The van der Waals surface area contributed by atoms with Crippen molar-refractivity contribution in [3.63, 3.8) is 0 Å². The number of nitrogen functional groups attached to an aromatic ring is 1. The average Bonchev–Trinajstić information content (AvgIpc) is 2.41. The zero-order valence-corrected chi connectivity index (χ0v) is 12.2. The van der Waals surface area contributed by atoms with Crippen LogP contribution in [0.2, 0.25) is 0 Å². The van der Waals surface area contributed by atoms with Crippen molar-refractivity contribution in [1.82, 2.24) is 9.71 Å². The molecule has 0 saturated heterocycles. The van der Waals surface area contributed by atoms with Gasteiger partial charge in [-0.1, -0.05) is 12.1 Å². The van der Waals surface area contributed by atoms with Gasteiger partial charge in [-0.3, -0.25) is 4.98 Å². The molecule has 0 saturated carbocycles. The van der Waals surface area contributed by atoms with Gasteiger partial charge in [-0.15, -0.1) is 0 Å². The van der Waals surface area contributed by atoms with Gasteiger partial charge in [0.25, 0.3) is 0 Å². The second-order valence-electron chi connectivity index (χ2n) is 4.56. The highest BCUT2D eigenvalue weighted by Crippen LogP contribution is 2.20. The van der Waals surface area contributed by atoms with E-state index in [4.69, 9.17) is 5.73 Å². The molecule has 2 rings (SSSR count). The molecule has 1 heterocycles. The Morgan fingerprint density at radius 3 is 2.65 bits per heavy atom. The highest BCUT2D eigenvalue weighted by atomic mass is 32.2. The standard InChI is InChI=1S/C14H17N3O2S/c1-10-5-4-8-16-13(10)9-17-20(18,19)14-7-3-6-12(15)11(14)2/h3-8,17H,9,15H2,1-2H3. The minimum atomic E-state index is -3.60. The summed E-state index contributed by atoms with van der Waals surface area (Å²) in [7, 11) is -3.60. The van der Waals surface area contributed by atoms with Gasteiger partial charge in [0.2, 0.25) is 10.0 Å². The number of nitrogens with one attached hydrogen (secondary N) is 1. The SMILES string of the molecule is Cc1cccnc1CNS(=O)(=O)c1cccc(N)c1C. The van der Waals surface area contributed by atoms with Crippen molar-refractivity contribution >= 4 is 15.7 Å². The first-order valence-electron chi connectivity index (χ1n) is 6.17. The van der Waals surface area contributed by atoms with E-state index in [1.165, 1.54) is 0 Å². The van der Waals surface area contributed by atoms with Crippen LogP contribution in [-0.2, 0) is 16.6 Å². The predicted molar refractivity (Wildman–Crippen MR) is 78.6 cm³/mol. The van der Waals surface area contributed by atoms with Gasteiger partial charge in [-0.25, -0.2) is 13.1 Å². The molecule has 1 aromatic carbocycles. The third-order valence-corrected chi connectivity index (χ3v) is 4.71. The van der Waals surface area contributed by atoms with Crippen molar-refractivity contribution in [1.29, 1.82) is 0 Å². The lowest BCUT2D eigenvalue weighted by atomic mass is 10.2. The number of aromatic nitrogens is 1. The van der Waals surface area contributed by atoms with Gasteiger partial charge in [0.05, 0.1) is 17.1 Å². The summed E-state index contributed by atoms with van der Waals surface area (Å²) in [4.78, 5) is 4.36. The van der Waals surface area contributed by atoms with Gasteiger partial charge in [-0.2, -0.15) is 0 Å². The molecule has 106 valence electrons. The fourth-order valence-corrected chi connectivity index (χ4v) is 3.13. The molecule has 0 atom stereocenters. The highest BCUT2D eigenvalue weighted by Gasteiger charge is 2.17. The van der Waals surface area contributed by atoms with Crippen LogP contribution in [0.3, 0.4) is 0 Å². The van der Waals surface area contributed by atoms with Crippen LogP contribution in [0.5, 0.6) is 0 Å². The van der Waals surface area contributed by atoms with Crippen molar-refractivity contribution in [3.8, 4) is 0 Å². The summed E-state index contributed by atoms with van der Waals surface area (Å²) in [5.41, 5.74) is 8.41. The number of rotatable bonds is 4. The molecular formula is C14H17N3O2S. The predicted octanol–water partition coefficient (Wildman–Crippen LogP) is 1.76. The molecule has 0 spiro atoms. The average molecular weight is 291 g/mol. The number of nitrogens with two attached hydrogens (primary N) is 1. The van der Waals surface area contributed by atoms with E-state index >= 15 is 0 Å². The third kappa shape index (κ3) is 2.97. The lowest BCUT2D eigenvalue weighted by Gasteiger charge is -2.11. The summed E-state index contributed by atoms with van der Waals surface area (Å²) in [5.74, 6) is 0. The highest BCUT2D eigenvalue weighted by molar-refractivity contribution is 7.89. The third-order valence-electron chi connectivity index (χ3n) is 3.16. The number of hydrogen-bond donors (Lipinski definition) is 2. The maximum Gasteiger partial charge on any atom is 0.241 e. The van der Waals surface area contributed by atoms with Gasteiger partial charge in [0.15, 0.2) is 0 Å². The van der Waals surface area contributed by atoms with Crippen LogP contribution in [-0.4, -0.2) is 13.4 Å². The van der Waals surface area contributed by atoms with Gasteiger partial charge in [-0.05, 0) is 43.2 Å². The topological polar surface area (TPSA) is 85.1 Å². The van der Waals surface area contributed by atoms with E-state index in [0.717, 1.165) is 5.56 Å². The Labute approximate surface area is 118 Å². The van der Waals surface area contributed by atoms with Gasteiger partial charge in [0.1, 0.15) is 0 Å². The van der Waals surface area contributed by atoms with Crippen LogP contribution in [0, 0.1) is 13.8 Å². The molecule has 0 aliphatic carbocycles. The molecule has 0 aliphatic rings. The van der Waals surface area contributed by atoms with E-state index in [2.05, 4.69) is 9.71 Å². The molecule has 0 unspecified atom stereocenters. The van der Waals surface area contributed by atoms with Crippen molar-refractivity contribution < 1.29 is 8.42 Å². The Morgan fingerprint density at radius 2 is 1.95 bits per heavy atom. The van der Waals surface area contributed by atoms with Gasteiger partial charge < -0.3 is 5.73 Å². The lowest BCUT2D eigenvalue weighted by Crippen LogP contribution is -2.25. The molecule has 0 bridgehead atoms. The van der Waals surface area contributed by atoms with Crippen LogP contribution in [0.15, 0.2) is 41.4 Å². The molecule has 2 aromatic rings. The number of anilines is 1. The zero-order chi connectivity index (χ0) is 14.8. The van der Waals surface area contributed by atoms with Crippen molar-refractivity contribution in [2.24, 2.45) is 0 Å². The Bertz CT molecular complexity index is 727. The summed E-state index contributed by atoms with van der Waals surface area (Å²) in [6.45, 7) is 3.74. The number of pyridine rings is 1. The lowest BCUT2D eigenvalue weighted by molar-refractivity contribution is 0.579. The first kappa shape index (κ1) is 14.5. The van der Waals surface area contributed by atoms with Gasteiger partial charge in [0, 0.05) is 11.9 Å². The van der Waals surface area contributed by atoms with E-state index in [9.17, 15) is 8.42 Å². The van der Waals surface area contributed by atoms with Crippen LogP contribution in [0.1, 0.15) is 16.8 Å². The molecule has 0 amide bonds. The summed E-state index contributed by atoms with van der Waals surface area (Å²) in [6.07, 6.45) is 1.64. The molecule has 20 heavy (non-hydrogen) atoms. The maximum atomic E-state index is 12.3. The Kier molecular flexibility index (Phi) is 4.06. The van der Waals surface area contributed by atoms with Crippen molar-refractivity contribution in [3.05, 3.63) is 53.3 Å². The Morgan fingerprint density at radius 1 is 1.20 bits per heavy atom. The van der Waals surface area contributed by atoms with Crippen LogP contribution in [0.25, 0.3) is 0 Å². The minimum Gasteiger partial charge on any atom is -0.398 e. The molecule has 0 aliphatic heterocycles. The van der Waals surface area contributed by atoms with Crippen molar-refractivity contribution in [2.45, 2.75) is 25.3 Å². The smallest absolute Gasteiger partial charge is 0.241 e. The molecule has 0 fully saturated rings. The van der Waals surface area contributed by atoms with E-state index in [-0.39, 0.29) is 11.4 Å². The molecular weight excluding hydrogens is 274 g/mol. The summed E-state index contributed by atoms with van der Waals surface area (Å²) in [6, 6.07) is 8.55. The zero-order valence-electron chi connectivity index (χ0n) is 11.4. The fourth-order valence-electron chi connectivity index (χ4n) is 1.87. The number of benzene rings is 1. The molecule has 5 nitrogen and oxygen atoms in total. The molecule has 0 radical (unpaired) electrons. The quantitative estimate of drug-likeness (QED) is 0.841. The normalized spacial score (nSPS) is 11.5. The summed E-state index contributed by atoms with van der Waals surface area (Å²) in [5, 5.41) is 0. The molecule has 6 heteroatoms. The number of sulfonamides is 1. The molecule has 3 N–H and O–H groups in total. The van der Waals surface area contributed by atoms with Crippen LogP contribution >= 0.6 is 0 Å². The Balaban J connectivity index is 2.24. The van der Waals surface area contributed by atoms with E-state index in [1.54, 1.807) is 31.3 Å².